The van der Waals surface area contributed by atoms with Crippen LogP contribution in [0, 0.1) is 0 Å². The average molecular weight is 322 g/mol. The Labute approximate surface area is 135 Å². The minimum Gasteiger partial charge on any atom is -0.370 e. The summed E-state index contributed by atoms with van der Waals surface area (Å²) in [5.74, 6) is 2.61. The van der Waals surface area contributed by atoms with Crippen molar-refractivity contribution in [3.05, 3.63) is 46.7 Å². The molecule has 0 unspecified atom stereocenters. The zero-order chi connectivity index (χ0) is 15.1. The van der Waals surface area contributed by atoms with E-state index in [-0.39, 0.29) is 0 Å². The highest BCUT2D eigenvalue weighted by Crippen LogP contribution is 2.26. The third kappa shape index (κ3) is 4.90. The molecular weight excluding hydrogens is 302 g/mol. The fourth-order valence-electron chi connectivity index (χ4n) is 1.92. The van der Waals surface area contributed by atoms with Crippen molar-refractivity contribution < 1.29 is 0 Å². The Morgan fingerprint density at radius 1 is 1.19 bits per heavy atom. The molecule has 1 aromatic carbocycles. The van der Waals surface area contributed by atoms with Crippen LogP contribution in [-0.2, 0) is 12.2 Å². The second-order valence-electron chi connectivity index (χ2n) is 4.67. The molecule has 1 heterocycles. The van der Waals surface area contributed by atoms with Crippen molar-refractivity contribution in [1.82, 2.24) is 9.97 Å². The highest BCUT2D eigenvalue weighted by molar-refractivity contribution is 7.98. The van der Waals surface area contributed by atoms with Gasteiger partial charge in [-0.2, -0.15) is 0 Å². The van der Waals surface area contributed by atoms with E-state index in [9.17, 15) is 0 Å². The van der Waals surface area contributed by atoms with Crippen LogP contribution in [0.5, 0.6) is 0 Å². The molecule has 0 aliphatic heterocycles. The van der Waals surface area contributed by atoms with Gasteiger partial charge in [0.05, 0.1) is 0 Å². The zero-order valence-electron chi connectivity index (χ0n) is 12.4. The lowest BCUT2D eigenvalue weighted by Gasteiger charge is -2.09. The fourth-order valence-corrected chi connectivity index (χ4v) is 3.12. The molecule has 21 heavy (non-hydrogen) atoms. The number of benzene rings is 1. The van der Waals surface area contributed by atoms with Gasteiger partial charge in [-0.25, -0.2) is 9.97 Å². The lowest BCUT2D eigenvalue weighted by atomic mass is 10.2. The van der Waals surface area contributed by atoms with Crippen molar-refractivity contribution in [3.63, 3.8) is 0 Å². The Morgan fingerprint density at radius 2 is 2.00 bits per heavy atom. The van der Waals surface area contributed by atoms with Crippen molar-refractivity contribution in [1.29, 1.82) is 0 Å². The molecule has 0 aliphatic carbocycles. The van der Waals surface area contributed by atoms with Gasteiger partial charge in [0.15, 0.2) is 0 Å². The number of thioether (sulfide) groups is 1. The SMILES string of the molecule is CCCc1nc(NCC)cc(SCc2ccccc2Cl)n1. The molecule has 0 spiro atoms. The second-order valence-corrected chi connectivity index (χ2v) is 6.07. The largest absolute Gasteiger partial charge is 0.370 e. The lowest BCUT2D eigenvalue weighted by molar-refractivity contribution is 0.810. The number of nitrogens with zero attached hydrogens (tertiary/aromatic N) is 2. The molecule has 112 valence electrons. The van der Waals surface area contributed by atoms with E-state index in [0.29, 0.717) is 0 Å². The van der Waals surface area contributed by atoms with E-state index < -0.39 is 0 Å². The Morgan fingerprint density at radius 3 is 2.71 bits per heavy atom. The maximum atomic E-state index is 6.19. The van der Waals surface area contributed by atoms with E-state index in [2.05, 4.69) is 35.2 Å². The summed E-state index contributed by atoms with van der Waals surface area (Å²) < 4.78 is 0. The molecule has 0 bridgehead atoms. The van der Waals surface area contributed by atoms with Crippen LogP contribution in [0.2, 0.25) is 5.02 Å². The van der Waals surface area contributed by atoms with Crippen LogP contribution in [0.1, 0.15) is 31.7 Å². The third-order valence-electron chi connectivity index (χ3n) is 2.91. The van der Waals surface area contributed by atoms with Gasteiger partial charge in [-0.3, -0.25) is 0 Å². The summed E-state index contributed by atoms with van der Waals surface area (Å²) in [6, 6.07) is 9.93. The Balaban J connectivity index is 2.13. The second kappa shape index (κ2) is 8.25. The van der Waals surface area contributed by atoms with Gasteiger partial charge in [0, 0.05) is 29.8 Å². The van der Waals surface area contributed by atoms with Crippen molar-refractivity contribution in [2.45, 2.75) is 37.5 Å². The molecule has 3 nitrogen and oxygen atoms in total. The summed E-state index contributed by atoms with van der Waals surface area (Å²) in [4.78, 5) is 9.14. The van der Waals surface area contributed by atoms with Gasteiger partial charge in [-0.1, -0.05) is 36.7 Å². The van der Waals surface area contributed by atoms with E-state index in [1.807, 2.05) is 24.3 Å². The van der Waals surface area contributed by atoms with Crippen LogP contribution >= 0.6 is 23.4 Å². The minimum atomic E-state index is 0.805. The summed E-state index contributed by atoms with van der Waals surface area (Å²) in [7, 11) is 0. The van der Waals surface area contributed by atoms with E-state index >= 15 is 0 Å². The summed E-state index contributed by atoms with van der Waals surface area (Å²) in [5, 5.41) is 5.06. The maximum Gasteiger partial charge on any atom is 0.132 e. The molecule has 0 amide bonds. The highest BCUT2D eigenvalue weighted by Gasteiger charge is 2.06. The summed E-state index contributed by atoms with van der Waals surface area (Å²) in [6.07, 6.45) is 1.95. The molecule has 1 aromatic heterocycles. The van der Waals surface area contributed by atoms with Crippen molar-refractivity contribution >= 4 is 29.2 Å². The first-order chi connectivity index (χ1) is 10.2. The van der Waals surface area contributed by atoms with Gasteiger partial charge in [0.25, 0.3) is 0 Å². The predicted octanol–water partition coefficient (Wildman–Crippen LogP) is 4.81. The quantitative estimate of drug-likeness (QED) is 0.587. The van der Waals surface area contributed by atoms with Crippen LogP contribution in [0.25, 0.3) is 0 Å². The van der Waals surface area contributed by atoms with Crippen molar-refractivity contribution in [3.8, 4) is 0 Å². The van der Waals surface area contributed by atoms with E-state index in [0.717, 1.165) is 52.4 Å². The van der Waals surface area contributed by atoms with E-state index in [1.165, 1.54) is 0 Å². The van der Waals surface area contributed by atoms with Crippen molar-refractivity contribution in [2.24, 2.45) is 0 Å². The van der Waals surface area contributed by atoms with Crippen LogP contribution in [-0.4, -0.2) is 16.5 Å². The Bertz CT molecular complexity index is 565. The fraction of sp³-hybridized carbons (Fsp3) is 0.375. The van der Waals surface area contributed by atoms with Gasteiger partial charge in [-0.05, 0) is 25.0 Å². The molecule has 0 saturated carbocycles. The first-order valence-corrected chi connectivity index (χ1v) is 8.57. The van der Waals surface area contributed by atoms with Crippen LogP contribution in [0.4, 0.5) is 5.82 Å². The standard InChI is InChI=1S/C16H20ClN3S/c1-3-7-14-19-15(18-4-2)10-16(20-14)21-11-12-8-5-6-9-13(12)17/h5-6,8-10H,3-4,7,11H2,1-2H3,(H,18,19,20). The van der Waals surface area contributed by atoms with Gasteiger partial charge >= 0.3 is 0 Å². The highest BCUT2D eigenvalue weighted by atomic mass is 35.5. The molecule has 0 radical (unpaired) electrons. The Hall–Kier alpha value is -1.26. The lowest BCUT2D eigenvalue weighted by Crippen LogP contribution is -2.04. The molecule has 0 saturated heterocycles. The monoisotopic (exact) mass is 321 g/mol. The number of hydrogen-bond donors (Lipinski definition) is 1. The minimum absolute atomic E-state index is 0.805. The molecular formula is C16H20ClN3S. The van der Waals surface area contributed by atoms with Gasteiger partial charge in [0.2, 0.25) is 0 Å². The van der Waals surface area contributed by atoms with Gasteiger partial charge < -0.3 is 5.32 Å². The molecule has 2 rings (SSSR count). The normalized spacial score (nSPS) is 10.6. The van der Waals surface area contributed by atoms with Crippen LogP contribution in [0.15, 0.2) is 35.4 Å². The molecule has 2 aromatic rings. The molecule has 0 atom stereocenters. The molecule has 0 fully saturated rings. The van der Waals surface area contributed by atoms with Gasteiger partial charge in [-0.15, -0.1) is 11.8 Å². The van der Waals surface area contributed by atoms with E-state index in [1.54, 1.807) is 11.8 Å². The first kappa shape index (κ1) is 16.1. The van der Waals surface area contributed by atoms with Gasteiger partial charge in [0.1, 0.15) is 16.7 Å². The average Bonchev–Trinajstić information content (AvgIpc) is 2.47. The third-order valence-corrected chi connectivity index (χ3v) is 4.24. The topological polar surface area (TPSA) is 37.8 Å². The Kier molecular flexibility index (Phi) is 6.33. The molecule has 5 heteroatoms. The number of hydrogen-bond acceptors (Lipinski definition) is 4. The van der Waals surface area contributed by atoms with Crippen LogP contribution in [0.3, 0.4) is 0 Å². The number of halogens is 1. The number of nitrogens with one attached hydrogen (secondary N) is 1. The summed E-state index contributed by atoms with van der Waals surface area (Å²) in [6.45, 7) is 5.06. The number of anilines is 1. The van der Waals surface area contributed by atoms with Crippen LogP contribution < -0.4 is 5.32 Å². The number of aromatic nitrogens is 2. The summed E-state index contributed by atoms with van der Waals surface area (Å²) >= 11 is 7.89. The maximum absolute atomic E-state index is 6.19. The zero-order valence-corrected chi connectivity index (χ0v) is 14.0. The predicted molar refractivity (Wildman–Crippen MR) is 91.2 cm³/mol. The van der Waals surface area contributed by atoms with E-state index in [4.69, 9.17) is 11.6 Å². The smallest absolute Gasteiger partial charge is 0.132 e. The number of aryl methyl sites for hydroxylation is 1. The number of rotatable bonds is 7. The summed E-state index contributed by atoms with van der Waals surface area (Å²) in [5.41, 5.74) is 1.13. The molecule has 1 N–H and O–H groups in total. The first-order valence-electron chi connectivity index (χ1n) is 7.21. The van der Waals surface area contributed by atoms with Crippen molar-refractivity contribution in [2.75, 3.05) is 11.9 Å². The molecule has 0 aliphatic rings.